The lowest BCUT2D eigenvalue weighted by molar-refractivity contribution is -0.136. The van der Waals surface area contributed by atoms with E-state index in [0.717, 1.165) is 19.1 Å². The fourth-order valence-corrected chi connectivity index (χ4v) is 4.17. The Labute approximate surface area is 155 Å². The summed E-state index contributed by atoms with van der Waals surface area (Å²) < 4.78 is 5.85. The topological polar surface area (TPSA) is 108 Å². The number of hydrogen-bond acceptors (Lipinski definition) is 6. The predicted molar refractivity (Wildman–Crippen MR) is 104 cm³/mol. The van der Waals surface area contributed by atoms with E-state index in [1.54, 1.807) is 6.08 Å². The van der Waals surface area contributed by atoms with Crippen LogP contribution in [0.1, 0.15) is 19.8 Å². The maximum absolute atomic E-state index is 12.3. The van der Waals surface area contributed by atoms with Gasteiger partial charge in [0.15, 0.2) is 0 Å². The fourth-order valence-electron chi connectivity index (χ4n) is 3.22. The van der Waals surface area contributed by atoms with Gasteiger partial charge in [-0.3, -0.25) is 14.9 Å². The number of amides is 2. The number of aliphatic hydroxyl groups excluding tert-OH is 2. The molecule has 1 saturated heterocycles. The van der Waals surface area contributed by atoms with Gasteiger partial charge in [0.25, 0.3) is 5.91 Å². The zero-order valence-corrected chi connectivity index (χ0v) is 16.7. The lowest BCUT2D eigenvalue weighted by Gasteiger charge is -2.26. The van der Waals surface area contributed by atoms with Gasteiger partial charge in [-0.25, -0.2) is 0 Å². The van der Waals surface area contributed by atoms with Crippen molar-refractivity contribution in [3.8, 4) is 0 Å². The summed E-state index contributed by atoms with van der Waals surface area (Å²) in [7, 11) is 0. The van der Waals surface area contributed by atoms with Crippen molar-refractivity contribution in [2.45, 2.75) is 44.2 Å². The summed E-state index contributed by atoms with van der Waals surface area (Å²) in [5.41, 5.74) is 0.446. The summed E-state index contributed by atoms with van der Waals surface area (Å²) >= 11 is 0. The van der Waals surface area contributed by atoms with Gasteiger partial charge in [0.1, 0.15) is 18.3 Å². The molecule has 7 nitrogen and oxygen atoms in total. The molecule has 148 valence electrons. The van der Waals surface area contributed by atoms with E-state index < -0.39 is 49.0 Å². The maximum Gasteiger partial charge on any atom is 0.254 e. The Morgan fingerprint density at radius 1 is 1.31 bits per heavy atom. The van der Waals surface area contributed by atoms with Crippen LogP contribution < -0.4 is 10.6 Å². The highest BCUT2D eigenvalue weighted by Crippen LogP contribution is 2.39. The van der Waals surface area contributed by atoms with E-state index in [1.807, 2.05) is 6.92 Å². The van der Waals surface area contributed by atoms with Crippen LogP contribution in [0.4, 0.5) is 0 Å². The van der Waals surface area contributed by atoms with E-state index in [2.05, 4.69) is 30.3 Å². The zero-order valence-electron chi connectivity index (χ0n) is 15.8. The third kappa shape index (κ3) is 5.27. The second-order valence-electron chi connectivity index (χ2n) is 7.78. The second-order valence-corrected chi connectivity index (χ2v) is 12.1. The average molecular weight is 386 g/mol. The number of hydrogen-bond donors (Lipinski definition) is 4. The molecule has 2 amide bonds. The monoisotopic (exact) mass is 386 g/mol. The van der Waals surface area contributed by atoms with Gasteiger partial charge >= 0.3 is 0 Å². The summed E-state index contributed by atoms with van der Waals surface area (Å²) in [6.45, 7) is 6.04. The van der Waals surface area contributed by atoms with E-state index in [9.17, 15) is 19.8 Å². The van der Waals surface area contributed by atoms with Crippen molar-refractivity contribution in [1.29, 1.82) is 0 Å². The van der Waals surface area contributed by atoms with Gasteiger partial charge in [0.05, 0.1) is 12.0 Å². The molecular weight excluding hydrogens is 355 g/mol. The molecule has 1 unspecified atom stereocenters. The lowest BCUT2D eigenvalue weighted by Crippen LogP contribution is -2.49. The number of carbonyl (C=O) groups is 2. The largest absolute Gasteiger partial charge is 0.388 e. The van der Waals surface area contributed by atoms with Crippen LogP contribution >= 0.6 is 6.89 Å². The number of aliphatic hydroxyl groups is 2. The first kappa shape index (κ1) is 21.3. The van der Waals surface area contributed by atoms with Crippen LogP contribution in [0, 0.1) is 5.92 Å². The minimum atomic E-state index is -1.28. The van der Waals surface area contributed by atoms with Gasteiger partial charge in [0.2, 0.25) is 5.91 Å². The van der Waals surface area contributed by atoms with Gasteiger partial charge in [-0.05, 0) is 38.9 Å². The summed E-state index contributed by atoms with van der Waals surface area (Å²) in [6, 6.07) is 0. The average Bonchev–Trinajstić information content (AvgIpc) is 2.83. The first-order valence-electron chi connectivity index (χ1n) is 9.09. The van der Waals surface area contributed by atoms with Crippen molar-refractivity contribution < 1.29 is 24.5 Å². The molecular formula is C18H31N2O5P. The molecule has 0 spiro atoms. The van der Waals surface area contributed by atoms with Crippen molar-refractivity contribution in [3.05, 3.63) is 11.6 Å². The van der Waals surface area contributed by atoms with Crippen molar-refractivity contribution in [3.63, 3.8) is 0 Å². The van der Waals surface area contributed by atoms with Crippen LogP contribution in [0.5, 0.6) is 0 Å². The molecule has 8 heteroatoms. The zero-order chi connectivity index (χ0) is 19.5. The molecule has 0 radical (unpaired) electrons. The molecule has 0 aromatic rings. The Morgan fingerprint density at radius 2 is 2.00 bits per heavy atom. The molecule has 0 aliphatic carbocycles. The van der Waals surface area contributed by atoms with Gasteiger partial charge in [-0.2, -0.15) is 0 Å². The molecule has 2 heterocycles. The van der Waals surface area contributed by atoms with E-state index in [0.29, 0.717) is 18.5 Å². The molecule has 0 saturated carbocycles. The molecule has 5 atom stereocenters. The third-order valence-corrected chi connectivity index (χ3v) is 6.20. The van der Waals surface area contributed by atoms with Crippen LogP contribution in [0.25, 0.3) is 0 Å². The second kappa shape index (κ2) is 8.81. The summed E-state index contributed by atoms with van der Waals surface area (Å²) in [4.78, 5) is 24.3. The number of rotatable bonds is 8. The molecule has 0 bridgehead atoms. The van der Waals surface area contributed by atoms with Crippen LogP contribution in [0.15, 0.2) is 11.6 Å². The minimum Gasteiger partial charge on any atom is -0.388 e. The van der Waals surface area contributed by atoms with Crippen LogP contribution in [-0.4, -0.2) is 85.3 Å². The Bertz CT molecular complexity index is 615. The smallest absolute Gasteiger partial charge is 0.254 e. The standard InChI is InChI=1S/C18H31N2O5P/c1-5-7-19-10-11-9-12(18(24)20-17(11)23)16-15(22)14(21)13(25-16)6-8-26(2,3)4/h9,12-16,19,21-22H,2,5-8,10H2,1,3-4H3,(H,20,23,24)/t12?,13-,14-,15-,16+/m1/s1. The number of nitrogens with one attached hydrogen (secondary N) is 2. The normalized spacial score (nSPS) is 32.5. The highest BCUT2D eigenvalue weighted by molar-refractivity contribution is 7.72. The third-order valence-electron chi connectivity index (χ3n) is 4.73. The molecule has 2 rings (SSSR count). The van der Waals surface area contributed by atoms with Crippen LogP contribution in [0.2, 0.25) is 0 Å². The van der Waals surface area contributed by atoms with Gasteiger partial charge in [-0.1, -0.05) is 13.0 Å². The molecule has 0 aromatic heterocycles. The van der Waals surface area contributed by atoms with Gasteiger partial charge in [-0.15, -0.1) is 13.2 Å². The molecule has 4 N–H and O–H groups in total. The Kier molecular flexibility index (Phi) is 7.22. The SMILES string of the molecule is C=P(C)(C)CC[C@H]1O[C@@H](C2C=C(CNCCC)C(=O)NC2=O)[C@H](O)[C@@H]1O. The van der Waals surface area contributed by atoms with Crippen molar-refractivity contribution >= 4 is 25.0 Å². The molecule has 1 fully saturated rings. The van der Waals surface area contributed by atoms with Gasteiger partial charge in [0, 0.05) is 12.1 Å². The summed E-state index contributed by atoms with van der Waals surface area (Å²) in [5, 5.41) is 26.2. The van der Waals surface area contributed by atoms with E-state index in [1.165, 1.54) is 0 Å². The van der Waals surface area contributed by atoms with Crippen molar-refractivity contribution in [2.24, 2.45) is 5.92 Å². The first-order chi connectivity index (χ1) is 12.1. The highest BCUT2D eigenvalue weighted by atomic mass is 31.2. The van der Waals surface area contributed by atoms with Crippen LogP contribution in [-0.2, 0) is 14.3 Å². The predicted octanol–water partition coefficient (Wildman–Crippen LogP) is -0.226. The lowest BCUT2D eigenvalue weighted by atomic mass is 9.90. The molecule has 2 aliphatic rings. The molecule has 2 aliphatic heterocycles. The Balaban J connectivity index is 2.10. The Morgan fingerprint density at radius 3 is 2.62 bits per heavy atom. The highest BCUT2D eigenvalue weighted by Gasteiger charge is 2.48. The van der Waals surface area contributed by atoms with Crippen molar-refractivity contribution in [2.75, 3.05) is 32.6 Å². The first-order valence-corrected chi connectivity index (χ1v) is 12.1. The van der Waals surface area contributed by atoms with E-state index in [4.69, 9.17) is 4.74 Å². The van der Waals surface area contributed by atoms with Gasteiger partial charge < -0.3 is 20.3 Å². The number of carbonyl (C=O) groups excluding carboxylic acids is 2. The maximum atomic E-state index is 12.3. The fraction of sp³-hybridized carbons (Fsp3) is 0.722. The van der Waals surface area contributed by atoms with E-state index in [-0.39, 0.29) is 0 Å². The minimum absolute atomic E-state index is 0.346. The summed E-state index contributed by atoms with van der Waals surface area (Å²) in [6.07, 6.45) is 4.43. The quantitative estimate of drug-likeness (QED) is 0.261. The van der Waals surface area contributed by atoms with Crippen molar-refractivity contribution in [1.82, 2.24) is 10.6 Å². The van der Waals surface area contributed by atoms with Crippen LogP contribution in [0.3, 0.4) is 0 Å². The Hall–Kier alpha value is -0.980. The van der Waals surface area contributed by atoms with E-state index >= 15 is 0 Å². The summed E-state index contributed by atoms with van der Waals surface area (Å²) in [5.74, 6) is -1.73. The molecule has 0 aromatic carbocycles. The molecule has 26 heavy (non-hydrogen) atoms. The number of ether oxygens (including phenoxy) is 1. The number of imide groups is 1.